The van der Waals surface area contributed by atoms with Crippen LogP contribution in [0.4, 0.5) is 0 Å². The number of carbonyl (C=O) groups is 1. The van der Waals surface area contributed by atoms with E-state index in [1.54, 1.807) is 4.90 Å². The van der Waals surface area contributed by atoms with Crippen LogP contribution in [0.15, 0.2) is 28.7 Å². The van der Waals surface area contributed by atoms with Crippen LogP contribution in [-0.2, 0) is 4.79 Å². The van der Waals surface area contributed by atoms with E-state index in [0.717, 1.165) is 29.7 Å². The Morgan fingerprint density at radius 1 is 1.42 bits per heavy atom. The van der Waals surface area contributed by atoms with Crippen molar-refractivity contribution in [2.75, 3.05) is 46.4 Å². The second-order valence-electron chi connectivity index (χ2n) is 6.59. The predicted molar refractivity (Wildman–Crippen MR) is 103 cm³/mol. The highest BCUT2D eigenvalue weighted by Crippen LogP contribution is 2.28. The SMILES string of the molecule is CN(CCOc1ccc(Br)cc1)C(=O)CN1CCC(C)(CN)C1.Cl. The Bertz CT molecular complexity index is 529. The summed E-state index contributed by atoms with van der Waals surface area (Å²) in [6.45, 7) is 6.24. The van der Waals surface area contributed by atoms with Gasteiger partial charge >= 0.3 is 0 Å². The highest BCUT2D eigenvalue weighted by Gasteiger charge is 2.33. The Hall–Kier alpha value is -0.820. The van der Waals surface area contributed by atoms with E-state index in [0.29, 0.717) is 26.2 Å². The molecule has 1 amide bonds. The third-order valence-electron chi connectivity index (χ3n) is 4.42. The van der Waals surface area contributed by atoms with Crippen molar-refractivity contribution in [3.8, 4) is 5.75 Å². The van der Waals surface area contributed by atoms with E-state index in [2.05, 4.69) is 27.8 Å². The molecular weight excluding hydrogens is 394 g/mol. The lowest BCUT2D eigenvalue weighted by atomic mass is 9.90. The van der Waals surface area contributed by atoms with E-state index in [4.69, 9.17) is 10.5 Å². The van der Waals surface area contributed by atoms with Crippen molar-refractivity contribution in [3.63, 3.8) is 0 Å². The largest absolute Gasteiger partial charge is 0.492 e. The van der Waals surface area contributed by atoms with Gasteiger partial charge in [-0.1, -0.05) is 22.9 Å². The smallest absolute Gasteiger partial charge is 0.236 e. The first kappa shape index (κ1) is 21.2. The summed E-state index contributed by atoms with van der Waals surface area (Å²) in [5.41, 5.74) is 5.97. The summed E-state index contributed by atoms with van der Waals surface area (Å²) in [4.78, 5) is 16.2. The Morgan fingerprint density at radius 3 is 2.67 bits per heavy atom. The summed E-state index contributed by atoms with van der Waals surface area (Å²) >= 11 is 3.39. The van der Waals surface area contributed by atoms with Gasteiger partial charge < -0.3 is 15.4 Å². The standard InChI is InChI=1S/C17H26BrN3O2.ClH/c1-17(12-19)7-8-21(13-17)11-16(22)20(2)9-10-23-15-5-3-14(18)4-6-15;/h3-6H,7-13,19H2,1-2H3;1H. The van der Waals surface area contributed by atoms with Gasteiger partial charge in [0.15, 0.2) is 0 Å². The first-order valence-corrected chi connectivity index (χ1v) is 8.76. The van der Waals surface area contributed by atoms with Gasteiger partial charge in [0, 0.05) is 18.1 Å². The number of ether oxygens (including phenoxy) is 1. The van der Waals surface area contributed by atoms with Crippen LogP contribution in [-0.4, -0.2) is 62.1 Å². The molecule has 2 rings (SSSR count). The fourth-order valence-corrected chi connectivity index (χ4v) is 2.96. The molecule has 1 aromatic carbocycles. The summed E-state index contributed by atoms with van der Waals surface area (Å²) in [5.74, 6) is 0.943. The Balaban J connectivity index is 0.00000288. The normalized spacial score (nSPS) is 20.5. The fourth-order valence-electron chi connectivity index (χ4n) is 2.70. The summed E-state index contributed by atoms with van der Waals surface area (Å²) in [7, 11) is 1.82. The molecule has 136 valence electrons. The number of benzene rings is 1. The first-order chi connectivity index (χ1) is 10.9. The number of nitrogens with two attached hydrogens (primary N) is 1. The zero-order valence-corrected chi connectivity index (χ0v) is 16.7. The molecule has 1 heterocycles. The van der Waals surface area contributed by atoms with Crippen LogP contribution in [0.1, 0.15) is 13.3 Å². The highest BCUT2D eigenvalue weighted by atomic mass is 79.9. The van der Waals surface area contributed by atoms with Crippen LogP contribution in [0.25, 0.3) is 0 Å². The third kappa shape index (κ3) is 6.24. The molecule has 0 aliphatic carbocycles. The first-order valence-electron chi connectivity index (χ1n) is 7.97. The van der Waals surface area contributed by atoms with Gasteiger partial charge in [0.05, 0.1) is 13.1 Å². The number of halogens is 2. The number of carbonyl (C=O) groups excluding carboxylic acids is 1. The van der Waals surface area contributed by atoms with E-state index in [-0.39, 0.29) is 23.7 Å². The van der Waals surface area contributed by atoms with E-state index >= 15 is 0 Å². The number of nitrogens with zero attached hydrogens (tertiary/aromatic N) is 2. The van der Waals surface area contributed by atoms with Crippen LogP contribution in [0.5, 0.6) is 5.75 Å². The monoisotopic (exact) mass is 419 g/mol. The number of likely N-dealkylation sites (tertiary alicyclic amines) is 1. The second kappa shape index (κ2) is 9.61. The lowest BCUT2D eigenvalue weighted by Gasteiger charge is -2.24. The lowest BCUT2D eigenvalue weighted by Crippen LogP contribution is -2.40. The van der Waals surface area contributed by atoms with E-state index in [1.165, 1.54) is 0 Å². The summed E-state index contributed by atoms with van der Waals surface area (Å²) in [5, 5.41) is 0. The molecule has 0 bridgehead atoms. The molecule has 2 N–H and O–H groups in total. The molecule has 1 aromatic rings. The maximum Gasteiger partial charge on any atom is 0.236 e. The van der Waals surface area contributed by atoms with Crippen molar-refractivity contribution in [2.24, 2.45) is 11.1 Å². The summed E-state index contributed by atoms with van der Waals surface area (Å²) < 4.78 is 6.68. The van der Waals surface area contributed by atoms with Gasteiger partial charge in [-0.2, -0.15) is 0 Å². The van der Waals surface area contributed by atoms with Gasteiger partial charge in [0.1, 0.15) is 12.4 Å². The van der Waals surface area contributed by atoms with Crippen molar-refractivity contribution in [1.82, 2.24) is 9.80 Å². The van der Waals surface area contributed by atoms with E-state index in [1.807, 2.05) is 31.3 Å². The van der Waals surface area contributed by atoms with Crippen LogP contribution in [0.3, 0.4) is 0 Å². The van der Waals surface area contributed by atoms with Gasteiger partial charge in [-0.15, -0.1) is 12.4 Å². The molecule has 1 aliphatic rings. The summed E-state index contributed by atoms with van der Waals surface area (Å²) in [6.07, 6.45) is 1.06. The van der Waals surface area contributed by atoms with Gasteiger partial charge in [0.25, 0.3) is 0 Å². The number of rotatable bonds is 7. The van der Waals surface area contributed by atoms with Crippen molar-refractivity contribution >= 4 is 34.2 Å². The second-order valence-corrected chi connectivity index (χ2v) is 7.51. The van der Waals surface area contributed by atoms with Crippen molar-refractivity contribution in [1.29, 1.82) is 0 Å². The molecule has 0 saturated carbocycles. The molecule has 1 saturated heterocycles. The number of hydrogen-bond acceptors (Lipinski definition) is 4. The Labute approximate surface area is 159 Å². The molecule has 24 heavy (non-hydrogen) atoms. The molecule has 7 heteroatoms. The molecule has 5 nitrogen and oxygen atoms in total. The van der Waals surface area contributed by atoms with E-state index in [9.17, 15) is 4.79 Å². The van der Waals surface area contributed by atoms with Crippen molar-refractivity contribution in [2.45, 2.75) is 13.3 Å². The summed E-state index contributed by atoms with van der Waals surface area (Å²) in [6, 6.07) is 7.69. The number of hydrogen-bond donors (Lipinski definition) is 1. The average Bonchev–Trinajstić information content (AvgIpc) is 2.91. The molecule has 1 aliphatic heterocycles. The maximum atomic E-state index is 12.3. The topological polar surface area (TPSA) is 58.8 Å². The molecular formula is C17H27BrClN3O2. The molecule has 0 radical (unpaired) electrons. The van der Waals surface area contributed by atoms with Crippen LogP contribution in [0, 0.1) is 5.41 Å². The Morgan fingerprint density at radius 2 is 2.08 bits per heavy atom. The number of amides is 1. The third-order valence-corrected chi connectivity index (χ3v) is 4.95. The highest BCUT2D eigenvalue weighted by molar-refractivity contribution is 9.10. The van der Waals surface area contributed by atoms with Crippen LogP contribution in [0.2, 0.25) is 0 Å². The zero-order valence-electron chi connectivity index (χ0n) is 14.3. The Kier molecular flexibility index (Phi) is 8.50. The predicted octanol–water partition coefficient (Wildman–Crippen LogP) is 2.38. The quantitative estimate of drug-likeness (QED) is 0.736. The molecule has 0 aromatic heterocycles. The molecule has 1 unspecified atom stereocenters. The van der Waals surface area contributed by atoms with Gasteiger partial charge in [-0.25, -0.2) is 0 Å². The number of likely N-dealkylation sites (N-methyl/N-ethyl adjacent to an activating group) is 1. The van der Waals surface area contributed by atoms with Crippen molar-refractivity contribution < 1.29 is 9.53 Å². The van der Waals surface area contributed by atoms with Crippen LogP contribution < -0.4 is 10.5 Å². The van der Waals surface area contributed by atoms with Crippen molar-refractivity contribution in [3.05, 3.63) is 28.7 Å². The minimum Gasteiger partial charge on any atom is -0.492 e. The van der Waals surface area contributed by atoms with Gasteiger partial charge in [-0.05, 0) is 49.2 Å². The van der Waals surface area contributed by atoms with Gasteiger partial charge in [0.2, 0.25) is 5.91 Å². The molecule has 1 atom stereocenters. The maximum absolute atomic E-state index is 12.3. The van der Waals surface area contributed by atoms with Gasteiger partial charge in [-0.3, -0.25) is 9.69 Å². The average molecular weight is 421 g/mol. The zero-order chi connectivity index (χ0) is 16.9. The molecule has 1 fully saturated rings. The van der Waals surface area contributed by atoms with Crippen LogP contribution >= 0.6 is 28.3 Å². The minimum absolute atomic E-state index is 0. The minimum atomic E-state index is 0. The van der Waals surface area contributed by atoms with E-state index < -0.39 is 0 Å². The fraction of sp³-hybridized carbons (Fsp3) is 0.588. The lowest BCUT2D eigenvalue weighted by molar-refractivity contribution is -0.131. The molecule has 0 spiro atoms.